The topological polar surface area (TPSA) is 67.6 Å². The highest BCUT2D eigenvalue weighted by molar-refractivity contribution is 6.76. The van der Waals surface area contributed by atoms with Gasteiger partial charge in [-0.15, -0.1) is 0 Å². The van der Waals surface area contributed by atoms with Crippen LogP contribution in [0.4, 0.5) is 0 Å². The van der Waals surface area contributed by atoms with Crippen molar-refractivity contribution >= 4 is 14.0 Å². The zero-order valence-corrected chi connectivity index (χ0v) is 14.3. The molecule has 0 saturated carbocycles. The van der Waals surface area contributed by atoms with Crippen LogP contribution in [-0.4, -0.2) is 54.0 Å². The lowest BCUT2D eigenvalue weighted by atomic mass is 9.95. The lowest BCUT2D eigenvalue weighted by molar-refractivity contribution is -0.143. The van der Waals surface area contributed by atoms with Crippen LogP contribution in [0.1, 0.15) is 12.0 Å². The molecule has 6 nitrogen and oxygen atoms in total. The van der Waals surface area contributed by atoms with Crippen molar-refractivity contribution < 1.29 is 14.6 Å². The van der Waals surface area contributed by atoms with Crippen molar-refractivity contribution in [1.29, 1.82) is 0 Å². The quantitative estimate of drug-likeness (QED) is 0.634. The van der Waals surface area contributed by atoms with Crippen molar-refractivity contribution in [3.8, 4) is 0 Å². The van der Waals surface area contributed by atoms with E-state index >= 15 is 0 Å². The molecule has 1 saturated heterocycles. The van der Waals surface area contributed by atoms with Gasteiger partial charge in [0.05, 0.1) is 6.20 Å². The Morgan fingerprint density at radius 2 is 2.19 bits per heavy atom. The van der Waals surface area contributed by atoms with E-state index in [0.29, 0.717) is 25.3 Å². The van der Waals surface area contributed by atoms with E-state index < -0.39 is 13.7 Å². The first-order valence-electron chi connectivity index (χ1n) is 7.31. The Balaban J connectivity index is 1.92. The van der Waals surface area contributed by atoms with Crippen LogP contribution in [0.25, 0.3) is 0 Å². The number of aromatic nitrogens is 2. The summed E-state index contributed by atoms with van der Waals surface area (Å²) in [6.07, 6.45) is 3.66. The van der Waals surface area contributed by atoms with Crippen LogP contribution in [-0.2, 0) is 21.9 Å². The summed E-state index contributed by atoms with van der Waals surface area (Å²) < 4.78 is 7.24. The Labute approximate surface area is 126 Å². The van der Waals surface area contributed by atoms with Gasteiger partial charge < -0.3 is 14.7 Å². The SMILES string of the molecule is CN1CCC(O)(c2cnn(COCC[Si](C)(C)C)c2)C1=O. The number of carbonyl (C=O) groups excluding carboxylic acids is 1. The molecule has 0 spiro atoms. The van der Waals surface area contributed by atoms with Crippen LogP contribution in [0, 0.1) is 0 Å². The molecule has 1 atom stereocenters. The highest BCUT2D eigenvalue weighted by atomic mass is 28.3. The van der Waals surface area contributed by atoms with E-state index in [1.165, 1.54) is 0 Å². The number of hydrogen-bond acceptors (Lipinski definition) is 4. The molecule has 1 aliphatic rings. The molecule has 1 N–H and O–H groups in total. The van der Waals surface area contributed by atoms with Gasteiger partial charge in [-0.25, -0.2) is 4.68 Å². The second-order valence-electron chi connectivity index (χ2n) is 6.95. The van der Waals surface area contributed by atoms with Crippen molar-refractivity contribution in [2.24, 2.45) is 0 Å². The lowest BCUT2D eigenvalue weighted by Crippen LogP contribution is -2.35. The van der Waals surface area contributed by atoms with Crippen LogP contribution in [0.5, 0.6) is 0 Å². The van der Waals surface area contributed by atoms with E-state index in [1.807, 2.05) is 0 Å². The van der Waals surface area contributed by atoms with E-state index in [1.54, 1.807) is 29.0 Å². The molecule has 0 bridgehead atoms. The fourth-order valence-corrected chi connectivity index (χ4v) is 3.06. The number of carbonyl (C=O) groups is 1. The van der Waals surface area contributed by atoms with Gasteiger partial charge in [-0.2, -0.15) is 5.10 Å². The minimum absolute atomic E-state index is 0.262. The fraction of sp³-hybridized carbons (Fsp3) is 0.714. The van der Waals surface area contributed by atoms with Gasteiger partial charge in [-0.1, -0.05) is 19.6 Å². The highest BCUT2D eigenvalue weighted by Crippen LogP contribution is 2.32. The molecule has 2 heterocycles. The highest BCUT2D eigenvalue weighted by Gasteiger charge is 2.45. The second-order valence-corrected chi connectivity index (χ2v) is 12.6. The third-order valence-corrected chi connectivity index (χ3v) is 5.54. The molecule has 21 heavy (non-hydrogen) atoms. The maximum atomic E-state index is 12.0. The number of aliphatic hydroxyl groups is 1. The van der Waals surface area contributed by atoms with Crippen molar-refractivity contribution in [3.63, 3.8) is 0 Å². The summed E-state index contributed by atoms with van der Waals surface area (Å²) in [7, 11) is 0.614. The minimum Gasteiger partial charge on any atom is -0.375 e. The average molecular weight is 311 g/mol. The maximum absolute atomic E-state index is 12.0. The zero-order chi connectivity index (χ0) is 15.7. The average Bonchev–Trinajstić information content (AvgIpc) is 2.96. The first kappa shape index (κ1) is 16.2. The van der Waals surface area contributed by atoms with Gasteiger partial charge in [-0.3, -0.25) is 4.79 Å². The molecule has 1 aliphatic heterocycles. The number of ether oxygens (including phenoxy) is 1. The number of likely N-dealkylation sites (N-methyl/N-ethyl adjacent to an activating group) is 1. The zero-order valence-electron chi connectivity index (χ0n) is 13.3. The Hall–Kier alpha value is -1.18. The van der Waals surface area contributed by atoms with Crippen molar-refractivity contribution in [2.45, 2.75) is 44.4 Å². The summed E-state index contributed by atoms with van der Waals surface area (Å²) in [6, 6.07) is 1.11. The molecule has 7 heteroatoms. The molecule has 0 radical (unpaired) electrons. The molecule has 118 valence electrons. The van der Waals surface area contributed by atoms with E-state index in [0.717, 1.165) is 12.7 Å². The Bertz CT molecular complexity index is 512. The summed E-state index contributed by atoms with van der Waals surface area (Å²) >= 11 is 0. The number of nitrogens with zero attached hydrogens (tertiary/aromatic N) is 3. The largest absolute Gasteiger partial charge is 0.375 e. The Morgan fingerprint density at radius 1 is 1.48 bits per heavy atom. The lowest BCUT2D eigenvalue weighted by Gasteiger charge is -2.18. The number of amides is 1. The summed E-state index contributed by atoms with van der Waals surface area (Å²) in [5.41, 5.74) is -0.878. The van der Waals surface area contributed by atoms with Crippen LogP contribution in [0.3, 0.4) is 0 Å². The van der Waals surface area contributed by atoms with Crippen molar-refractivity contribution in [3.05, 3.63) is 18.0 Å². The predicted molar refractivity (Wildman–Crippen MR) is 82.5 cm³/mol. The minimum atomic E-state index is -1.43. The number of hydrogen-bond donors (Lipinski definition) is 1. The molecule has 0 aromatic carbocycles. The number of likely N-dealkylation sites (tertiary alicyclic amines) is 1. The summed E-state index contributed by atoms with van der Waals surface area (Å²) in [5.74, 6) is -0.262. The van der Waals surface area contributed by atoms with Gasteiger partial charge in [0.2, 0.25) is 0 Å². The van der Waals surface area contributed by atoms with Gasteiger partial charge in [0.1, 0.15) is 6.73 Å². The summed E-state index contributed by atoms with van der Waals surface area (Å²) in [4.78, 5) is 13.6. The fourth-order valence-electron chi connectivity index (χ4n) is 2.31. The summed E-state index contributed by atoms with van der Waals surface area (Å²) in [6.45, 7) is 8.55. The van der Waals surface area contributed by atoms with Crippen LogP contribution in [0.2, 0.25) is 25.7 Å². The smallest absolute Gasteiger partial charge is 0.259 e. The van der Waals surface area contributed by atoms with Gasteiger partial charge in [0, 0.05) is 46.5 Å². The maximum Gasteiger partial charge on any atom is 0.259 e. The second kappa shape index (κ2) is 5.90. The van der Waals surface area contributed by atoms with Gasteiger partial charge in [0.15, 0.2) is 5.60 Å². The van der Waals surface area contributed by atoms with E-state index in [9.17, 15) is 9.90 Å². The van der Waals surface area contributed by atoms with Gasteiger partial charge >= 0.3 is 0 Å². The molecule has 1 aromatic heterocycles. The molecule has 2 rings (SSSR count). The van der Waals surface area contributed by atoms with E-state index in [-0.39, 0.29) is 5.91 Å². The third-order valence-electron chi connectivity index (χ3n) is 3.84. The molecule has 1 unspecified atom stereocenters. The van der Waals surface area contributed by atoms with Crippen molar-refractivity contribution in [1.82, 2.24) is 14.7 Å². The predicted octanol–water partition coefficient (Wildman–Crippen LogP) is 1.25. The monoisotopic (exact) mass is 311 g/mol. The molecular weight excluding hydrogens is 286 g/mol. The molecule has 1 amide bonds. The standard InChI is InChI=1S/C14H25N3O3Si/c1-16-6-5-14(19,13(16)18)12-9-15-17(10-12)11-20-7-8-21(2,3)4/h9-10,19H,5-8,11H2,1-4H3. The third kappa shape index (κ3) is 3.72. The van der Waals surface area contributed by atoms with Gasteiger partial charge in [-0.05, 0) is 6.04 Å². The van der Waals surface area contributed by atoms with Crippen molar-refractivity contribution in [2.75, 3.05) is 20.2 Å². The first-order valence-corrected chi connectivity index (χ1v) is 11.0. The Morgan fingerprint density at radius 3 is 2.76 bits per heavy atom. The summed E-state index contributed by atoms with van der Waals surface area (Å²) in [5, 5.41) is 14.7. The molecular formula is C14H25N3O3Si. The van der Waals surface area contributed by atoms with E-state index in [2.05, 4.69) is 24.7 Å². The molecule has 1 fully saturated rings. The normalized spacial score (nSPS) is 23.1. The van der Waals surface area contributed by atoms with Crippen LogP contribution >= 0.6 is 0 Å². The van der Waals surface area contributed by atoms with Crippen LogP contribution < -0.4 is 0 Å². The number of rotatable bonds is 6. The molecule has 1 aromatic rings. The van der Waals surface area contributed by atoms with Gasteiger partial charge in [0.25, 0.3) is 5.91 Å². The first-order chi connectivity index (χ1) is 9.72. The Kier molecular flexibility index (Phi) is 4.55. The van der Waals surface area contributed by atoms with E-state index in [4.69, 9.17) is 4.74 Å². The molecule has 0 aliphatic carbocycles. The van der Waals surface area contributed by atoms with Crippen LogP contribution in [0.15, 0.2) is 12.4 Å².